The minimum absolute atomic E-state index is 0.190. The van der Waals surface area contributed by atoms with E-state index in [1.807, 2.05) is 60.7 Å². The first-order valence-corrected chi connectivity index (χ1v) is 10.6. The summed E-state index contributed by atoms with van der Waals surface area (Å²) in [6, 6.07) is 19.4. The average Bonchev–Trinajstić information content (AvgIpc) is 2.81. The van der Waals surface area contributed by atoms with Crippen LogP contribution in [0.15, 0.2) is 72.9 Å². The SMILES string of the molecule is O=C(C=Cc1ccc(-c2ccc(Cl)cc2)cn1)Nc1ccc(CN2CCOCC2)cc1. The number of anilines is 1. The van der Waals surface area contributed by atoms with E-state index in [2.05, 4.69) is 15.2 Å². The molecule has 0 aliphatic carbocycles. The van der Waals surface area contributed by atoms with Crippen LogP contribution in [0.4, 0.5) is 5.69 Å². The third-order valence-corrected chi connectivity index (χ3v) is 5.35. The van der Waals surface area contributed by atoms with E-state index in [-0.39, 0.29) is 5.91 Å². The van der Waals surface area contributed by atoms with Crippen LogP contribution in [-0.4, -0.2) is 42.1 Å². The van der Waals surface area contributed by atoms with Crippen molar-refractivity contribution < 1.29 is 9.53 Å². The number of morpholine rings is 1. The summed E-state index contributed by atoms with van der Waals surface area (Å²) in [7, 11) is 0. The van der Waals surface area contributed by atoms with E-state index in [4.69, 9.17) is 16.3 Å². The monoisotopic (exact) mass is 433 g/mol. The van der Waals surface area contributed by atoms with E-state index in [9.17, 15) is 4.79 Å². The second-order valence-corrected chi connectivity index (χ2v) is 7.82. The second kappa shape index (κ2) is 10.4. The van der Waals surface area contributed by atoms with Gasteiger partial charge in [0.25, 0.3) is 0 Å². The Hall–Kier alpha value is -2.99. The molecule has 0 bridgehead atoms. The first-order chi connectivity index (χ1) is 15.2. The predicted molar refractivity (Wildman–Crippen MR) is 125 cm³/mol. The van der Waals surface area contributed by atoms with Gasteiger partial charge in [0.15, 0.2) is 0 Å². The molecule has 31 heavy (non-hydrogen) atoms. The van der Waals surface area contributed by atoms with Crippen molar-refractivity contribution in [3.05, 3.63) is 89.2 Å². The summed E-state index contributed by atoms with van der Waals surface area (Å²) in [4.78, 5) is 19.0. The molecule has 1 saturated heterocycles. The van der Waals surface area contributed by atoms with E-state index in [0.717, 1.165) is 49.7 Å². The average molecular weight is 434 g/mol. The number of carbonyl (C=O) groups is 1. The molecule has 1 aliphatic heterocycles. The quantitative estimate of drug-likeness (QED) is 0.562. The molecule has 1 amide bonds. The van der Waals surface area contributed by atoms with Crippen LogP contribution in [-0.2, 0) is 16.1 Å². The highest BCUT2D eigenvalue weighted by molar-refractivity contribution is 6.30. The second-order valence-electron chi connectivity index (χ2n) is 7.39. The summed E-state index contributed by atoms with van der Waals surface area (Å²) in [5, 5.41) is 3.59. The molecule has 0 atom stereocenters. The fourth-order valence-electron chi connectivity index (χ4n) is 3.37. The minimum Gasteiger partial charge on any atom is -0.379 e. The van der Waals surface area contributed by atoms with Crippen LogP contribution in [0.25, 0.3) is 17.2 Å². The number of hydrogen-bond donors (Lipinski definition) is 1. The lowest BCUT2D eigenvalue weighted by Crippen LogP contribution is -2.35. The Kier molecular flexibility index (Phi) is 7.10. The molecule has 1 aliphatic rings. The number of hydrogen-bond acceptors (Lipinski definition) is 4. The van der Waals surface area contributed by atoms with E-state index >= 15 is 0 Å². The van der Waals surface area contributed by atoms with Gasteiger partial charge in [0.05, 0.1) is 18.9 Å². The molecule has 6 heteroatoms. The molecule has 1 aromatic heterocycles. The molecule has 0 saturated carbocycles. The van der Waals surface area contributed by atoms with Crippen LogP contribution < -0.4 is 5.32 Å². The van der Waals surface area contributed by atoms with Crippen LogP contribution >= 0.6 is 11.6 Å². The van der Waals surface area contributed by atoms with Crippen LogP contribution in [0, 0.1) is 0 Å². The largest absolute Gasteiger partial charge is 0.379 e. The van der Waals surface area contributed by atoms with Gasteiger partial charge in [0, 0.05) is 48.2 Å². The molecule has 0 spiro atoms. The van der Waals surface area contributed by atoms with Crippen molar-refractivity contribution in [1.29, 1.82) is 0 Å². The first-order valence-electron chi connectivity index (χ1n) is 10.3. The smallest absolute Gasteiger partial charge is 0.248 e. The molecule has 5 nitrogen and oxygen atoms in total. The third-order valence-electron chi connectivity index (χ3n) is 5.10. The number of nitrogens with zero attached hydrogens (tertiary/aromatic N) is 2. The van der Waals surface area contributed by atoms with E-state index in [1.165, 1.54) is 11.6 Å². The lowest BCUT2D eigenvalue weighted by Gasteiger charge is -2.26. The molecule has 3 aromatic rings. The predicted octanol–water partition coefficient (Wildman–Crippen LogP) is 4.89. The van der Waals surface area contributed by atoms with Gasteiger partial charge in [-0.05, 0) is 47.5 Å². The van der Waals surface area contributed by atoms with Gasteiger partial charge in [-0.2, -0.15) is 0 Å². The van der Waals surface area contributed by atoms with Gasteiger partial charge in [-0.25, -0.2) is 0 Å². The number of rotatable bonds is 6. The summed E-state index contributed by atoms with van der Waals surface area (Å²) in [6.45, 7) is 4.39. The Morgan fingerprint density at radius 3 is 2.39 bits per heavy atom. The van der Waals surface area contributed by atoms with Crippen molar-refractivity contribution in [2.75, 3.05) is 31.6 Å². The number of ether oxygens (including phenoxy) is 1. The fourth-order valence-corrected chi connectivity index (χ4v) is 3.50. The maximum absolute atomic E-state index is 12.2. The molecule has 1 N–H and O–H groups in total. The van der Waals surface area contributed by atoms with Gasteiger partial charge in [0.1, 0.15) is 0 Å². The maximum atomic E-state index is 12.2. The van der Waals surface area contributed by atoms with Gasteiger partial charge < -0.3 is 10.1 Å². The number of halogens is 1. The summed E-state index contributed by atoms with van der Waals surface area (Å²) in [5.74, 6) is -0.190. The van der Waals surface area contributed by atoms with Gasteiger partial charge in [0.2, 0.25) is 5.91 Å². The zero-order valence-corrected chi connectivity index (χ0v) is 17.9. The maximum Gasteiger partial charge on any atom is 0.248 e. The summed E-state index contributed by atoms with van der Waals surface area (Å²) < 4.78 is 5.38. The Balaban J connectivity index is 1.30. The zero-order chi connectivity index (χ0) is 21.5. The van der Waals surface area contributed by atoms with Gasteiger partial charge in [-0.15, -0.1) is 0 Å². The lowest BCUT2D eigenvalue weighted by molar-refractivity contribution is -0.111. The van der Waals surface area contributed by atoms with E-state index < -0.39 is 0 Å². The van der Waals surface area contributed by atoms with Crippen molar-refractivity contribution in [3.63, 3.8) is 0 Å². The Labute approximate surface area is 187 Å². The Bertz CT molecular complexity index is 1030. The molecular formula is C25H24ClN3O2. The van der Waals surface area contributed by atoms with Crippen molar-refractivity contribution in [2.24, 2.45) is 0 Å². The number of pyridine rings is 1. The Morgan fingerprint density at radius 1 is 1.00 bits per heavy atom. The Morgan fingerprint density at radius 2 is 1.71 bits per heavy atom. The molecule has 2 aromatic carbocycles. The molecule has 4 rings (SSSR count). The molecule has 2 heterocycles. The normalized spacial score (nSPS) is 14.6. The highest BCUT2D eigenvalue weighted by Gasteiger charge is 2.10. The molecule has 158 valence electrons. The van der Waals surface area contributed by atoms with Crippen molar-refractivity contribution in [2.45, 2.75) is 6.54 Å². The number of aromatic nitrogens is 1. The fraction of sp³-hybridized carbons (Fsp3) is 0.200. The molecular weight excluding hydrogens is 410 g/mol. The first kappa shape index (κ1) is 21.2. The minimum atomic E-state index is -0.190. The third kappa shape index (κ3) is 6.25. The number of nitrogens with one attached hydrogen (secondary N) is 1. The van der Waals surface area contributed by atoms with Crippen LogP contribution in [0.2, 0.25) is 5.02 Å². The van der Waals surface area contributed by atoms with Crippen LogP contribution in [0.5, 0.6) is 0 Å². The summed E-state index contributed by atoms with van der Waals surface area (Å²) in [5.41, 5.74) is 4.75. The summed E-state index contributed by atoms with van der Waals surface area (Å²) in [6.07, 6.45) is 4.98. The number of benzene rings is 2. The van der Waals surface area contributed by atoms with Crippen molar-refractivity contribution in [3.8, 4) is 11.1 Å². The van der Waals surface area contributed by atoms with E-state index in [1.54, 1.807) is 12.3 Å². The highest BCUT2D eigenvalue weighted by atomic mass is 35.5. The standard InChI is InChI=1S/C25H24ClN3O2/c26-22-6-3-20(4-7-22)21-5-10-23(27-17-21)11-12-25(30)28-24-8-1-19(2-9-24)18-29-13-15-31-16-14-29/h1-12,17H,13-16,18H2,(H,28,30). The highest BCUT2D eigenvalue weighted by Crippen LogP contribution is 2.21. The van der Waals surface area contributed by atoms with Crippen molar-refractivity contribution >= 4 is 29.3 Å². The van der Waals surface area contributed by atoms with Crippen LogP contribution in [0.3, 0.4) is 0 Å². The molecule has 0 unspecified atom stereocenters. The van der Waals surface area contributed by atoms with E-state index in [0.29, 0.717) is 10.7 Å². The van der Waals surface area contributed by atoms with Gasteiger partial charge >= 0.3 is 0 Å². The zero-order valence-electron chi connectivity index (χ0n) is 17.1. The lowest BCUT2D eigenvalue weighted by atomic mass is 10.1. The van der Waals surface area contributed by atoms with Crippen molar-refractivity contribution in [1.82, 2.24) is 9.88 Å². The number of amides is 1. The van der Waals surface area contributed by atoms with Gasteiger partial charge in [-0.3, -0.25) is 14.7 Å². The summed E-state index contributed by atoms with van der Waals surface area (Å²) >= 11 is 5.93. The van der Waals surface area contributed by atoms with Gasteiger partial charge in [-0.1, -0.05) is 41.9 Å². The topological polar surface area (TPSA) is 54.5 Å². The van der Waals surface area contributed by atoms with Crippen LogP contribution in [0.1, 0.15) is 11.3 Å². The molecule has 1 fully saturated rings. The molecule has 0 radical (unpaired) electrons. The number of carbonyl (C=O) groups excluding carboxylic acids is 1.